The highest BCUT2D eigenvalue weighted by Crippen LogP contribution is 2.43. The second-order valence-electron chi connectivity index (χ2n) is 11.5. The topological polar surface area (TPSA) is 126 Å². The number of fused-ring (bicyclic) bond motifs is 1. The molecule has 3 heterocycles. The third-order valence-corrected chi connectivity index (χ3v) is 8.79. The van der Waals surface area contributed by atoms with Gasteiger partial charge in [0.15, 0.2) is 11.5 Å². The van der Waals surface area contributed by atoms with Crippen LogP contribution >= 0.6 is 0 Å². The van der Waals surface area contributed by atoms with Gasteiger partial charge in [-0.15, -0.1) is 0 Å². The highest BCUT2D eigenvalue weighted by atomic mass is 16.7. The highest BCUT2D eigenvalue weighted by Gasteiger charge is 2.47. The summed E-state index contributed by atoms with van der Waals surface area (Å²) < 4.78 is 11.1. The number of amides is 2. The van der Waals surface area contributed by atoms with E-state index in [0.29, 0.717) is 56.9 Å². The van der Waals surface area contributed by atoms with Gasteiger partial charge in [-0.2, -0.15) is 0 Å². The minimum Gasteiger partial charge on any atom is -0.481 e. The molecule has 42 heavy (non-hydrogen) atoms. The Morgan fingerprint density at radius 3 is 2.69 bits per heavy atom. The molecular formula is C32H42N4O6. The molecule has 3 N–H and O–H groups in total. The van der Waals surface area contributed by atoms with E-state index in [4.69, 9.17) is 15.2 Å². The number of likely N-dealkylation sites (tertiary alicyclic amines) is 2. The summed E-state index contributed by atoms with van der Waals surface area (Å²) in [5.74, 6) is -0.562. The lowest BCUT2D eigenvalue weighted by atomic mass is 9.83. The summed E-state index contributed by atoms with van der Waals surface area (Å²) in [7, 11) is 0. The third-order valence-electron chi connectivity index (χ3n) is 8.79. The molecule has 2 fully saturated rings. The Morgan fingerprint density at radius 2 is 1.95 bits per heavy atom. The molecule has 1 unspecified atom stereocenters. The fraction of sp³-hybridized carbons (Fsp3) is 0.531. The van der Waals surface area contributed by atoms with Crippen LogP contribution in [0.2, 0.25) is 0 Å². The number of nitrogens with two attached hydrogens (primary N) is 1. The first-order chi connectivity index (χ1) is 20.4. The van der Waals surface area contributed by atoms with E-state index in [1.807, 2.05) is 57.2 Å². The Bertz CT molecular complexity index is 1290. The van der Waals surface area contributed by atoms with Crippen molar-refractivity contribution in [2.24, 2.45) is 11.7 Å². The maximum Gasteiger partial charge on any atom is 0.308 e. The van der Waals surface area contributed by atoms with Gasteiger partial charge in [0.1, 0.15) is 0 Å². The van der Waals surface area contributed by atoms with Crippen LogP contribution in [0.4, 0.5) is 5.69 Å². The largest absolute Gasteiger partial charge is 0.481 e. The number of carboxylic acids is 1. The molecule has 0 saturated carbocycles. The van der Waals surface area contributed by atoms with E-state index in [0.717, 1.165) is 42.6 Å². The van der Waals surface area contributed by atoms with E-state index in [1.165, 1.54) is 0 Å². The quantitative estimate of drug-likeness (QED) is 0.370. The van der Waals surface area contributed by atoms with Crippen molar-refractivity contribution in [3.05, 3.63) is 53.6 Å². The van der Waals surface area contributed by atoms with Crippen LogP contribution in [0.1, 0.15) is 62.5 Å². The minimum absolute atomic E-state index is 0.0622. The predicted octanol–water partition coefficient (Wildman–Crippen LogP) is 3.58. The van der Waals surface area contributed by atoms with Gasteiger partial charge in [0.25, 0.3) is 0 Å². The monoisotopic (exact) mass is 578 g/mol. The first-order valence-corrected chi connectivity index (χ1v) is 15.1. The third kappa shape index (κ3) is 6.55. The number of unbranched alkanes of at least 4 members (excludes halogenated alkanes) is 1. The fourth-order valence-electron chi connectivity index (χ4n) is 6.59. The van der Waals surface area contributed by atoms with Gasteiger partial charge >= 0.3 is 5.97 Å². The number of hydrogen-bond acceptors (Lipinski definition) is 7. The van der Waals surface area contributed by atoms with Crippen LogP contribution in [-0.2, 0) is 20.9 Å². The number of anilines is 1. The number of rotatable bonds is 13. The van der Waals surface area contributed by atoms with Crippen LogP contribution in [0.15, 0.2) is 42.5 Å². The van der Waals surface area contributed by atoms with Crippen LogP contribution in [0.25, 0.3) is 0 Å². The first kappa shape index (κ1) is 29.8. The van der Waals surface area contributed by atoms with Crippen LogP contribution < -0.4 is 20.1 Å². The second kappa shape index (κ2) is 13.6. The molecule has 0 spiro atoms. The number of benzene rings is 2. The minimum atomic E-state index is -0.881. The van der Waals surface area contributed by atoms with Gasteiger partial charge < -0.3 is 30.1 Å². The second-order valence-corrected chi connectivity index (χ2v) is 11.5. The van der Waals surface area contributed by atoms with Crippen molar-refractivity contribution in [3.8, 4) is 11.5 Å². The number of aliphatic carboxylic acids is 1. The summed E-state index contributed by atoms with van der Waals surface area (Å²) in [5, 5.41) is 10.5. The molecule has 3 atom stereocenters. The van der Waals surface area contributed by atoms with Gasteiger partial charge in [0.05, 0.1) is 12.5 Å². The molecule has 2 saturated heterocycles. The Kier molecular flexibility index (Phi) is 9.64. The van der Waals surface area contributed by atoms with E-state index in [-0.39, 0.29) is 37.1 Å². The molecule has 0 radical (unpaired) electrons. The van der Waals surface area contributed by atoms with Crippen molar-refractivity contribution in [1.29, 1.82) is 0 Å². The van der Waals surface area contributed by atoms with Gasteiger partial charge in [-0.3, -0.25) is 19.3 Å². The van der Waals surface area contributed by atoms with E-state index in [9.17, 15) is 19.5 Å². The summed E-state index contributed by atoms with van der Waals surface area (Å²) >= 11 is 0. The summed E-state index contributed by atoms with van der Waals surface area (Å²) in [6, 6.07) is 13.0. The van der Waals surface area contributed by atoms with Gasteiger partial charge in [-0.25, -0.2) is 0 Å². The number of ether oxygens (including phenoxy) is 2. The van der Waals surface area contributed by atoms with Crippen molar-refractivity contribution in [2.75, 3.05) is 44.4 Å². The van der Waals surface area contributed by atoms with Crippen molar-refractivity contribution >= 4 is 23.5 Å². The summed E-state index contributed by atoms with van der Waals surface area (Å²) in [6.45, 7) is 5.09. The van der Waals surface area contributed by atoms with Crippen molar-refractivity contribution in [2.45, 2.75) is 64.0 Å². The van der Waals surface area contributed by atoms with Crippen LogP contribution in [0.3, 0.4) is 0 Å². The standard InChI is InChI=1S/C32H42N4O6/c1-2-3-15-36(24-8-4-7-22(16-24)18-33)30(38)20-35-19-25(23-11-12-27-28(17-23)42-21-41-27)31(32(39)40)26(35)9-5-13-34-14-6-10-29(34)37/h4,7-8,11-12,16-17,25-26,31H,2-3,5-6,9-10,13-15,18-21,33H2,1H3,(H,39,40)/t25-,26+,31?/m1/s1. The number of hydrogen-bond donors (Lipinski definition) is 2. The van der Waals surface area contributed by atoms with Crippen molar-refractivity contribution in [3.63, 3.8) is 0 Å². The molecule has 3 aliphatic rings. The number of carbonyl (C=O) groups is 3. The van der Waals surface area contributed by atoms with E-state index in [1.54, 1.807) is 0 Å². The zero-order valence-corrected chi connectivity index (χ0v) is 24.4. The van der Waals surface area contributed by atoms with Gasteiger partial charge in [-0.05, 0) is 61.1 Å². The molecule has 0 aliphatic carbocycles. The molecule has 226 valence electrons. The zero-order chi connectivity index (χ0) is 29.6. The average molecular weight is 579 g/mol. The number of carbonyl (C=O) groups excluding carboxylic acids is 2. The Labute approximate surface area is 247 Å². The molecule has 10 heteroatoms. The Balaban J connectivity index is 1.40. The van der Waals surface area contributed by atoms with Gasteiger partial charge in [0, 0.05) is 56.8 Å². The first-order valence-electron chi connectivity index (χ1n) is 15.1. The fourth-order valence-corrected chi connectivity index (χ4v) is 6.59. The van der Waals surface area contributed by atoms with Gasteiger partial charge in [-0.1, -0.05) is 31.5 Å². The molecule has 2 aromatic rings. The maximum absolute atomic E-state index is 14.0. The lowest BCUT2D eigenvalue weighted by Gasteiger charge is -2.30. The smallest absolute Gasteiger partial charge is 0.308 e. The van der Waals surface area contributed by atoms with Crippen molar-refractivity contribution < 1.29 is 29.0 Å². The molecule has 10 nitrogen and oxygen atoms in total. The van der Waals surface area contributed by atoms with E-state index in [2.05, 4.69) is 6.92 Å². The molecular weight excluding hydrogens is 536 g/mol. The highest BCUT2D eigenvalue weighted by molar-refractivity contribution is 5.95. The number of carboxylic acid groups (broad SMARTS) is 1. The lowest BCUT2D eigenvalue weighted by Crippen LogP contribution is -2.45. The van der Waals surface area contributed by atoms with Crippen LogP contribution in [-0.4, -0.2) is 78.2 Å². The summed E-state index contributed by atoms with van der Waals surface area (Å²) in [6.07, 6.45) is 4.49. The van der Waals surface area contributed by atoms with Gasteiger partial charge in [0.2, 0.25) is 18.6 Å². The van der Waals surface area contributed by atoms with E-state index >= 15 is 0 Å². The SMILES string of the molecule is CCCCN(C(=O)CN1C[C@H](c2ccc3c(c2)OCO3)C(C(=O)O)[C@@H]1CCCN1CCCC1=O)c1cccc(CN)c1. The molecule has 3 aliphatic heterocycles. The molecule has 2 amide bonds. The molecule has 2 aromatic carbocycles. The van der Waals surface area contributed by atoms with Crippen LogP contribution in [0, 0.1) is 5.92 Å². The normalized spacial score (nSPS) is 21.7. The van der Waals surface area contributed by atoms with Crippen molar-refractivity contribution in [1.82, 2.24) is 9.80 Å². The Morgan fingerprint density at radius 1 is 1.12 bits per heavy atom. The average Bonchev–Trinajstić information content (AvgIpc) is 3.72. The Hall–Kier alpha value is -3.63. The molecule has 5 rings (SSSR count). The zero-order valence-electron chi connectivity index (χ0n) is 24.4. The predicted molar refractivity (Wildman–Crippen MR) is 158 cm³/mol. The van der Waals surface area contributed by atoms with Crippen LogP contribution in [0.5, 0.6) is 11.5 Å². The maximum atomic E-state index is 14.0. The summed E-state index contributed by atoms with van der Waals surface area (Å²) in [5.41, 5.74) is 8.50. The lowest BCUT2D eigenvalue weighted by molar-refractivity contribution is -0.143. The van der Waals surface area contributed by atoms with E-state index < -0.39 is 11.9 Å². The molecule has 0 bridgehead atoms. The molecule has 0 aromatic heterocycles. The number of nitrogens with zero attached hydrogens (tertiary/aromatic N) is 3. The summed E-state index contributed by atoms with van der Waals surface area (Å²) in [4.78, 5) is 44.7.